The Hall–Kier alpha value is -0.440. The second kappa shape index (κ2) is 5.28. The number of halogens is 3. The summed E-state index contributed by atoms with van der Waals surface area (Å²) in [5.41, 5.74) is 1.05. The molecule has 18 heavy (non-hydrogen) atoms. The molecule has 98 valence electrons. The summed E-state index contributed by atoms with van der Waals surface area (Å²) in [5, 5.41) is 0. The van der Waals surface area contributed by atoms with Crippen molar-refractivity contribution in [2.75, 3.05) is 5.88 Å². The zero-order chi connectivity index (χ0) is 13.3. The number of carbonyl (C=O) groups is 1. The fourth-order valence-electron chi connectivity index (χ4n) is 2.28. The third-order valence-electron chi connectivity index (χ3n) is 3.45. The van der Waals surface area contributed by atoms with Gasteiger partial charge in [0.15, 0.2) is 0 Å². The molecule has 0 aromatic heterocycles. The minimum absolute atomic E-state index is 0.0646. The number of alkyl halides is 3. The molecule has 1 heterocycles. The van der Waals surface area contributed by atoms with E-state index < -0.39 is 4.33 Å². The first-order valence-electron chi connectivity index (χ1n) is 5.77. The molecule has 1 aromatic carbocycles. The molecule has 1 aliphatic rings. The molecule has 0 unspecified atom stereocenters. The topological polar surface area (TPSA) is 20.3 Å². The molecule has 2 rings (SSSR count). The quantitative estimate of drug-likeness (QED) is 0.783. The van der Waals surface area contributed by atoms with Crippen molar-refractivity contribution in [2.24, 2.45) is 5.92 Å². The highest BCUT2D eigenvalue weighted by molar-refractivity contribution is 6.59. The molecule has 1 saturated heterocycles. The van der Waals surface area contributed by atoms with Gasteiger partial charge >= 0.3 is 0 Å². The van der Waals surface area contributed by atoms with Gasteiger partial charge < -0.3 is 4.90 Å². The van der Waals surface area contributed by atoms with Crippen molar-refractivity contribution >= 4 is 40.7 Å². The van der Waals surface area contributed by atoms with E-state index in [1.807, 2.05) is 37.3 Å². The van der Waals surface area contributed by atoms with Gasteiger partial charge in [0, 0.05) is 24.4 Å². The predicted octanol–water partition coefficient (Wildman–Crippen LogP) is 3.45. The maximum Gasteiger partial charge on any atom is 0.259 e. The zero-order valence-electron chi connectivity index (χ0n) is 9.95. The molecule has 1 aliphatic heterocycles. The van der Waals surface area contributed by atoms with E-state index in [9.17, 15) is 4.79 Å². The Bertz CT molecular complexity index is 435. The number of rotatable bonds is 3. The van der Waals surface area contributed by atoms with Gasteiger partial charge in [0.25, 0.3) is 5.91 Å². The van der Waals surface area contributed by atoms with Crippen LogP contribution in [0, 0.1) is 5.92 Å². The van der Waals surface area contributed by atoms with Gasteiger partial charge in [-0.15, -0.1) is 11.6 Å². The number of hydrogen-bond donors (Lipinski definition) is 0. The third-order valence-corrected chi connectivity index (χ3v) is 4.66. The molecule has 1 fully saturated rings. The van der Waals surface area contributed by atoms with Gasteiger partial charge in [-0.3, -0.25) is 4.79 Å². The third kappa shape index (κ3) is 2.34. The molecule has 5 heteroatoms. The molecule has 1 aromatic rings. The summed E-state index contributed by atoms with van der Waals surface area (Å²) in [7, 11) is 0. The number of carbonyl (C=O) groups excluding carboxylic acids is 1. The second-order valence-corrected chi connectivity index (χ2v) is 6.24. The lowest BCUT2D eigenvalue weighted by molar-refractivity contribution is -0.129. The molecular weight excluding hydrogens is 293 g/mol. The van der Waals surface area contributed by atoms with Gasteiger partial charge in [-0.05, 0) is 12.5 Å². The molecule has 2 atom stereocenters. The number of nitrogens with zero attached hydrogens (tertiary/aromatic N) is 1. The molecule has 0 aliphatic carbocycles. The van der Waals surface area contributed by atoms with Crippen LogP contribution in [0.25, 0.3) is 0 Å². The molecule has 1 amide bonds. The SMILES string of the molecule is C[C@@H]1[C@H](CCl)C(Cl)(Cl)C(=O)N1Cc1ccccc1. The Kier molecular flexibility index (Phi) is 4.10. The second-order valence-electron chi connectivity index (χ2n) is 4.54. The molecule has 0 N–H and O–H groups in total. The van der Waals surface area contributed by atoms with E-state index in [2.05, 4.69) is 0 Å². The van der Waals surface area contributed by atoms with Gasteiger partial charge in [0.05, 0.1) is 0 Å². The molecule has 2 nitrogen and oxygen atoms in total. The summed E-state index contributed by atoms with van der Waals surface area (Å²) < 4.78 is -1.41. The van der Waals surface area contributed by atoms with Gasteiger partial charge in [-0.1, -0.05) is 53.5 Å². The lowest BCUT2D eigenvalue weighted by atomic mass is 10.0. The van der Waals surface area contributed by atoms with E-state index in [1.165, 1.54) is 0 Å². The molecule has 0 radical (unpaired) electrons. The van der Waals surface area contributed by atoms with Crippen molar-refractivity contribution in [2.45, 2.75) is 23.8 Å². The molecule has 0 bridgehead atoms. The van der Waals surface area contributed by atoms with E-state index in [1.54, 1.807) is 4.90 Å². The van der Waals surface area contributed by atoms with Crippen LogP contribution in [0.2, 0.25) is 0 Å². The normalized spacial score (nSPS) is 26.7. The average molecular weight is 307 g/mol. The van der Waals surface area contributed by atoms with Crippen molar-refractivity contribution in [1.29, 1.82) is 0 Å². The Morgan fingerprint density at radius 2 is 1.89 bits per heavy atom. The monoisotopic (exact) mass is 305 g/mol. The van der Waals surface area contributed by atoms with Gasteiger partial charge in [0.2, 0.25) is 4.33 Å². The number of likely N-dealkylation sites (tertiary alicyclic amines) is 1. The molecular formula is C13H14Cl3NO. The standard InChI is InChI=1S/C13H14Cl3NO/c1-9-11(7-14)13(15,16)12(18)17(9)8-10-5-3-2-4-6-10/h2-6,9,11H,7-8H2,1H3/t9-,11+/m1/s1. The van der Waals surface area contributed by atoms with Crippen molar-refractivity contribution in [3.05, 3.63) is 35.9 Å². The maximum atomic E-state index is 12.2. The van der Waals surface area contributed by atoms with Crippen LogP contribution >= 0.6 is 34.8 Å². The lowest BCUT2D eigenvalue weighted by Gasteiger charge is -2.23. The van der Waals surface area contributed by atoms with Crippen molar-refractivity contribution in [3.63, 3.8) is 0 Å². The van der Waals surface area contributed by atoms with Crippen LogP contribution in [0.3, 0.4) is 0 Å². The van der Waals surface area contributed by atoms with Crippen LogP contribution in [0.1, 0.15) is 12.5 Å². The molecule has 0 spiro atoms. The van der Waals surface area contributed by atoms with Gasteiger partial charge in [-0.25, -0.2) is 0 Å². The first-order chi connectivity index (χ1) is 8.48. The highest BCUT2D eigenvalue weighted by Crippen LogP contribution is 2.44. The Balaban J connectivity index is 2.22. The van der Waals surface area contributed by atoms with E-state index in [4.69, 9.17) is 34.8 Å². The smallest absolute Gasteiger partial charge is 0.259 e. The summed E-state index contributed by atoms with van der Waals surface area (Å²) in [6.45, 7) is 2.44. The Labute approximate surface area is 122 Å². The van der Waals surface area contributed by atoms with Crippen LogP contribution in [-0.4, -0.2) is 27.1 Å². The Morgan fingerprint density at radius 3 is 2.39 bits per heavy atom. The highest BCUT2D eigenvalue weighted by Gasteiger charge is 2.55. The van der Waals surface area contributed by atoms with Crippen LogP contribution in [0.5, 0.6) is 0 Å². The largest absolute Gasteiger partial charge is 0.333 e. The first kappa shape index (κ1) is 14.0. The summed E-state index contributed by atoms with van der Waals surface area (Å²) in [5.74, 6) is -0.239. The predicted molar refractivity (Wildman–Crippen MR) is 75.1 cm³/mol. The first-order valence-corrected chi connectivity index (χ1v) is 7.06. The maximum absolute atomic E-state index is 12.2. The number of amides is 1. The summed E-state index contributed by atoms with van der Waals surface area (Å²) in [6, 6.07) is 9.69. The fraction of sp³-hybridized carbons (Fsp3) is 0.462. The van der Waals surface area contributed by atoms with E-state index in [0.29, 0.717) is 6.54 Å². The summed E-state index contributed by atoms with van der Waals surface area (Å²) in [6.07, 6.45) is 0. The Morgan fingerprint density at radius 1 is 1.28 bits per heavy atom. The van der Waals surface area contributed by atoms with Crippen molar-refractivity contribution in [1.82, 2.24) is 4.90 Å². The number of benzene rings is 1. The van der Waals surface area contributed by atoms with Crippen LogP contribution < -0.4 is 0 Å². The highest BCUT2D eigenvalue weighted by atomic mass is 35.5. The minimum atomic E-state index is -1.41. The van der Waals surface area contributed by atoms with Gasteiger partial charge in [0.1, 0.15) is 0 Å². The summed E-state index contributed by atoms with van der Waals surface area (Å²) in [4.78, 5) is 13.9. The van der Waals surface area contributed by atoms with Crippen molar-refractivity contribution < 1.29 is 4.79 Å². The van der Waals surface area contributed by atoms with Crippen LogP contribution in [0.15, 0.2) is 30.3 Å². The fourth-order valence-corrected chi connectivity index (χ4v) is 3.66. The number of hydrogen-bond acceptors (Lipinski definition) is 1. The summed E-state index contributed by atoms with van der Waals surface area (Å²) >= 11 is 18.1. The lowest BCUT2D eigenvalue weighted by Crippen LogP contribution is -2.34. The van der Waals surface area contributed by atoms with Crippen LogP contribution in [0.4, 0.5) is 0 Å². The minimum Gasteiger partial charge on any atom is -0.333 e. The van der Waals surface area contributed by atoms with Crippen LogP contribution in [-0.2, 0) is 11.3 Å². The average Bonchev–Trinajstić information content (AvgIpc) is 2.51. The van der Waals surface area contributed by atoms with E-state index >= 15 is 0 Å². The van der Waals surface area contributed by atoms with E-state index in [0.717, 1.165) is 5.56 Å². The van der Waals surface area contributed by atoms with Crippen molar-refractivity contribution in [3.8, 4) is 0 Å². The van der Waals surface area contributed by atoms with E-state index in [-0.39, 0.29) is 23.7 Å². The van der Waals surface area contributed by atoms with Gasteiger partial charge in [-0.2, -0.15) is 0 Å². The molecule has 0 saturated carbocycles. The zero-order valence-corrected chi connectivity index (χ0v) is 12.2.